The van der Waals surface area contributed by atoms with Crippen molar-refractivity contribution >= 4 is 33.2 Å². The van der Waals surface area contributed by atoms with Gasteiger partial charge in [-0.15, -0.1) is 0 Å². The van der Waals surface area contributed by atoms with Crippen molar-refractivity contribution in [2.24, 2.45) is 0 Å². The molecular formula is C16H17Cl2NO3S. The summed E-state index contributed by atoms with van der Waals surface area (Å²) in [6.45, 7) is 1.87. The van der Waals surface area contributed by atoms with Crippen LogP contribution in [0.3, 0.4) is 0 Å². The lowest BCUT2D eigenvalue weighted by Crippen LogP contribution is -2.29. The van der Waals surface area contributed by atoms with Gasteiger partial charge < -0.3 is 4.74 Å². The van der Waals surface area contributed by atoms with Crippen LogP contribution in [0.25, 0.3) is 0 Å². The van der Waals surface area contributed by atoms with Crippen molar-refractivity contribution in [3.63, 3.8) is 0 Å². The summed E-state index contributed by atoms with van der Waals surface area (Å²) in [7, 11) is -2.18. The van der Waals surface area contributed by atoms with Gasteiger partial charge in [-0.2, -0.15) is 0 Å². The molecular weight excluding hydrogens is 357 g/mol. The molecule has 1 N–H and O–H groups in total. The van der Waals surface area contributed by atoms with Crippen LogP contribution in [-0.4, -0.2) is 22.1 Å². The fourth-order valence-corrected chi connectivity index (χ4v) is 3.63. The number of hydrogen-bond acceptors (Lipinski definition) is 3. The van der Waals surface area contributed by atoms with Crippen LogP contribution in [0.2, 0.25) is 10.0 Å². The molecule has 0 heterocycles. The van der Waals surface area contributed by atoms with Crippen LogP contribution >= 0.6 is 23.2 Å². The SMILES string of the molecule is COC(CNS(=O)(=O)c1ccc(C)c(Cl)c1)c1ccccc1Cl. The number of aryl methyl sites for hydroxylation is 1. The van der Waals surface area contributed by atoms with Crippen molar-refractivity contribution in [1.29, 1.82) is 0 Å². The van der Waals surface area contributed by atoms with Crippen LogP contribution in [0.1, 0.15) is 17.2 Å². The van der Waals surface area contributed by atoms with Crippen LogP contribution in [-0.2, 0) is 14.8 Å². The first-order chi connectivity index (χ1) is 10.8. The fourth-order valence-electron chi connectivity index (χ4n) is 2.07. The van der Waals surface area contributed by atoms with E-state index in [1.807, 2.05) is 13.0 Å². The predicted molar refractivity (Wildman–Crippen MR) is 92.6 cm³/mol. The first kappa shape index (κ1) is 18.2. The van der Waals surface area contributed by atoms with Crippen LogP contribution in [0, 0.1) is 6.92 Å². The average Bonchev–Trinajstić information content (AvgIpc) is 2.52. The summed E-state index contributed by atoms with van der Waals surface area (Å²) >= 11 is 12.1. The quantitative estimate of drug-likeness (QED) is 0.833. The van der Waals surface area contributed by atoms with Gasteiger partial charge in [0.05, 0.1) is 11.0 Å². The summed E-state index contributed by atoms with van der Waals surface area (Å²) in [6.07, 6.45) is -0.487. The van der Waals surface area contributed by atoms with E-state index in [2.05, 4.69) is 4.72 Å². The number of sulfonamides is 1. The van der Waals surface area contributed by atoms with E-state index in [1.165, 1.54) is 19.2 Å². The van der Waals surface area contributed by atoms with Crippen LogP contribution in [0.4, 0.5) is 0 Å². The number of rotatable bonds is 6. The maximum absolute atomic E-state index is 12.4. The third-order valence-electron chi connectivity index (χ3n) is 3.45. The van der Waals surface area contributed by atoms with Crippen molar-refractivity contribution in [3.8, 4) is 0 Å². The number of hydrogen-bond donors (Lipinski definition) is 1. The number of methoxy groups -OCH3 is 1. The normalized spacial score (nSPS) is 13.0. The number of ether oxygens (including phenoxy) is 1. The van der Waals surface area contributed by atoms with E-state index in [1.54, 1.807) is 24.3 Å². The molecule has 0 bridgehead atoms. The van der Waals surface area contributed by atoms with Gasteiger partial charge in [0.2, 0.25) is 10.0 Å². The Balaban J connectivity index is 2.17. The highest BCUT2D eigenvalue weighted by molar-refractivity contribution is 7.89. The lowest BCUT2D eigenvalue weighted by molar-refractivity contribution is 0.107. The standard InChI is InChI=1S/C16H17Cl2NO3S/c1-11-7-8-12(9-15(11)18)23(20,21)19-10-16(22-2)13-5-3-4-6-14(13)17/h3-9,16,19H,10H2,1-2H3. The molecule has 0 radical (unpaired) electrons. The monoisotopic (exact) mass is 373 g/mol. The summed E-state index contributed by atoms with van der Waals surface area (Å²) < 4.78 is 32.6. The van der Waals surface area contributed by atoms with Crippen molar-refractivity contribution in [2.75, 3.05) is 13.7 Å². The predicted octanol–water partition coefficient (Wildman–Crippen LogP) is 3.97. The van der Waals surface area contributed by atoms with Gasteiger partial charge in [-0.3, -0.25) is 0 Å². The Morgan fingerprint density at radius 1 is 1.13 bits per heavy atom. The van der Waals surface area contributed by atoms with Gasteiger partial charge in [0.1, 0.15) is 0 Å². The van der Waals surface area contributed by atoms with E-state index in [-0.39, 0.29) is 11.4 Å². The number of benzene rings is 2. The Kier molecular flexibility index (Phi) is 6.06. The molecule has 0 aromatic heterocycles. The minimum atomic E-state index is -3.68. The second-order valence-electron chi connectivity index (χ2n) is 5.01. The molecule has 0 spiro atoms. The van der Waals surface area contributed by atoms with Crippen LogP contribution < -0.4 is 4.72 Å². The van der Waals surface area contributed by atoms with E-state index in [0.29, 0.717) is 10.0 Å². The second kappa shape index (κ2) is 7.64. The zero-order valence-corrected chi connectivity index (χ0v) is 15.0. The molecule has 1 atom stereocenters. The Morgan fingerprint density at radius 2 is 1.83 bits per heavy atom. The van der Waals surface area contributed by atoms with Crippen LogP contribution in [0.15, 0.2) is 47.4 Å². The van der Waals surface area contributed by atoms with Gasteiger partial charge in [-0.25, -0.2) is 13.1 Å². The van der Waals surface area contributed by atoms with E-state index < -0.39 is 16.1 Å². The van der Waals surface area contributed by atoms with Crippen molar-refractivity contribution < 1.29 is 13.2 Å². The molecule has 124 valence electrons. The fraction of sp³-hybridized carbons (Fsp3) is 0.250. The molecule has 1 unspecified atom stereocenters. The zero-order chi connectivity index (χ0) is 17.0. The maximum atomic E-state index is 12.4. The second-order valence-corrected chi connectivity index (χ2v) is 7.59. The van der Waals surface area contributed by atoms with Crippen molar-refractivity contribution in [1.82, 2.24) is 4.72 Å². The van der Waals surface area contributed by atoms with E-state index in [4.69, 9.17) is 27.9 Å². The lowest BCUT2D eigenvalue weighted by Gasteiger charge is -2.18. The minimum Gasteiger partial charge on any atom is -0.375 e. The van der Waals surface area contributed by atoms with Gasteiger partial charge in [0.25, 0.3) is 0 Å². The molecule has 2 rings (SSSR count). The van der Waals surface area contributed by atoms with Crippen LogP contribution in [0.5, 0.6) is 0 Å². The third-order valence-corrected chi connectivity index (χ3v) is 5.62. The van der Waals surface area contributed by atoms with Gasteiger partial charge in [-0.05, 0) is 30.7 Å². The Hall–Kier alpha value is -1.11. The molecule has 0 aliphatic carbocycles. The molecule has 7 heteroatoms. The summed E-state index contributed by atoms with van der Waals surface area (Å²) in [6, 6.07) is 11.8. The topological polar surface area (TPSA) is 55.4 Å². The van der Waals surface area contributed by atoms with E-state index in [0.717, 1.165) is 11.1 Å². The van der Waals surface area contributed by atoms with Gasteiger partial charge >= 0.3 is 0 Å². The van der Waals surface area contributed by atoms with Gasteiger partial charge in [-0.1, -0.05) is 47.5 Å². The highest BCUT2D eigenvalue weighted by Gasteiger charge is 2.20. The van der Waals surface area contributed by atoms with Crippen molar-refractivity contribution in [3.05, 3.63) is 63.6 Å². The molecule has 23 heavy (non-hydrogen) atoms. The van der Waals surface area contributed by atoms with Gasteiger partial charge in [0.15, 0.2) is 0 Å². The largest absolute Gasteiger partial charge is 0.375 e. The molecule has 0 aliphatic rings. The highest BCUT2D eigenvalue weighted by atomic mass is 35.5. The minimum absolute atomic E-state index is 0.0636. The maximum Gasteiger partial charge on any atom is 0.240 e. The number of halogens is 2. The molecule has 4 nitrogen and oxygen atoms in total. The zero-order valence-electron chi connectivity index (χ0n) is 12.7. The molecule has 2 aromatic rings. The summed E-state index contributed by atoms with van der Waals surface area (Å²) in [5, 5.41) is 0.930. The number of nitrogens with one attached hydrogen (secondary N) is 1. The molecule has 0 aliphatic heterocycles. The Bertz CT molecular complexity index is 794. The lowest BCUT2D eigenvalue weighted by atomic mass is 10.1. The van der Waals surface area contributed by atoms with E-state index in [9.17, 15) is 8.42 Å². The molecule has 0 amide bonds. The Morgan fingerprint density at radius 3 is 2.43 bits per heavy atom. The summed E-state index contributed by atoms with van der Waals surface area (Å²) in [4.78, 5) is 0.113. The first-order valence-electron chi connectivity index (χ1n) is 6.88. The smallest absolute Gasteiger partial charge is 0.240 e. The molecule has 0 saturated carbocycles. The highest BCUT2D eigenvalue weighted by Crippen LogP contribution is 2.25. The third kappa shape index (κ3) is 4.46. The summed E-state index contributed by atoms with van der Waals surface area (Å²) in [5.41, 5.74) is 1.54. The molecule has 0 saturated heterocycles. The van der Waals surface area contributed by atoms with E-state index >= 15 is 0 Å². The molecule has 2 aromatic carbocycles. The Labute approximate surface area is 146 Å². The molecule has 0 fully saturated rings. The summed E-state index contributed by atoms with van der Waals surface area (Å²) in [5.74, 6) is 0. The van der Waals surface area contributed by atoms with Crippen molar-refractivity contribution in [2.45, 2.75) is 17.9 Å². The first-order valence-corrected chi connectivity index (χ1v) is 9.12. The average molecular weight is 374 g/mol. The van der Waals surface area contributed by atoms with Gasteiger partial charge in [0, 0.05) is 29.3 Å².